The van der Waals surface area contributed by atoms with E-state index in [-0.39, 0.29) is 45.3 Å². The maximum absolute atomic E-state index is 10.7. The molecular formula is C75H114B2Fe2N12O6. The van der Waals surface area contributed by atoms with Gasteiger partial charge in [0.2, 0.25) is 11.6 Å². The molecule has 0 saturated carbocycles. The molecule has 0 amide bonds. The molecule has 6 aromatic heterocycles. The fraction of sp³-hybridized carbons (Fsp3) is 0.547. The number of aromatic nitrogens is 12. The SMILES string of the molecule is CC(C)c1cc(C(C)C)n([BH-](n2nc(C(C)C)cc2C(C)C)n2nc(C(C)C)cc2C(C)C)n1.CC(C)c1cc(C(C)C)n([BH-](n2nc(C(C)C)cc2C(C)C)n2nc(C(C)C)cc2C(C)C)n1.CCCCC.O=C([O-])C(=O)c1ccccc1.O=C([O-])C(=O)c1ccccc1.[Fe+2].[Fe+2]. The van der Waals surface area contributed by atoms with Crippen LogP contribution in [0, 0.1) is 0 Å². The van der Waals surface area contributed by atoms with E-state index in [4.69, 9.17) is 30.6 Å². The molecule has 0 saturated heterocycles. The van der Waals surface area contributed by atoms with Gasteiger partial charge in [-0.3, -0.25) is 9.59 Å². The van der Waals surface area contributed by atoms with Gasteiger partial charge in [-0.25, -0.2) is 30.6 Å². The first-order valence-electron chi connectivity index (χ1n) is 35.0. The molecule has 18 nitrogen and oxygen atoms in total. The number of unbranched alkanes of at least 4 members (excludes halogenated alkanes) is 2. The predicted octanol–water partition coefficient (Wildman–Crippen LogP) is 14.8. The summed E-state index contributed by atoms with van der Waals surface area (Å²) in [5, 5.41) is 51.4. The number of carboxylic acids is 2. The molecule has 0 unspecified atom stereocenters. The molecule has 8 rings (SSSR count). The van der Waals surface area contributed by atoms with Crippen molar-refractivity contribution in [1.29, 1.82) is 0 Å². The first kappa shape index (κ1) is 86.2. The molecule has 6 heterocycles. The summed E-state index contributed by atoms with van der Waals surface area (Å²) >= 11 is 0. The van der Waals surface area contributed by atoms with E-state index >= 15 is 0 Å². The van der Waals surface area contributed by atoms with Gasteiger partial charge >= 0.3 is 48.4 Å². The maximum Gasteiger partial charge on any atom is 2.00 e. The molecule has 532 valence electrons. The second-order valence-electron chi connectivity index (χ2n) is 29.0. The average molecular weight is 1410 g/mol. The van der Waals surface area contributed by atoms with Gasteiger partial charge in [0.05, 0.1) is 34.2 Å². The predicted molar refractivity (Wildman–Crippen MR) is 386 cm³/mol. The van der Waals surface area contributed by atoms with Gasteiger partial charge in [0.1, 0.15) is 11.9 Å². The number of benzene rings is 2. The van der Waals surface area contributed by atoms with Crippen LogP contribution < -0.4 is 10.2 Å². The van der Waals surface area contributed by atoms with E-state index in [2.05, 4.69) is 244 Å². The number of carbonyl (C=O) groups excluding carboxylic acids is 4. The molecule has 0 aliphatic heterocycles. The van der Waals surface area contributed by atoms with Crippen molar-refractivity contribution in [1.82, 2.24) is 58.1 Å². The van der Waals surface area contributed by atoms with Gasteiger partial charge < -0.3 is 47.4 Å². The number of nitrogens with zero attached hydrogens (tertiary/aromatic N) is 12. The van der Waals surface area contributed by atoms with Crippen LogP contribution in [-0.4, -0.2) is 95.9 Å². The van der Waals surface area contributed by atoms with Gasteiger partial charge in [-0.15, -0.1) is 0 Å². The van der Waals surface area contributed by atoms with Crippen LogP contribution in [0.4, 0.5) is 0 Å². The van der Waals surface area contributed by atoms with Crippen molar-refractivity contribution in [2.45, 2.75) is 270 Å². The third-order valence-corrected chi connectivity index (χ3v) is 16.8. The van der Waals surface area contributed by atoms with Gasteiger partial charge in [-0.1, -0.05) is 260 Å². The summed E-state index contributed by atoms with van der Waals surface area (Å²) in [5.41, 5.74) is 14.6. The Morgan fingerprint density at radius 1 is 0.309 bits per heavy atom. The molecule has 0 fully saturated rings. The zero-order chi connectivity index (χ0) is 71.6. The summed E-state index contributed by atoms with van der Waals surface area (Å²) in [6, 6.07) is 29.2. The molecule has 0 N–H and O–H groups in total. The fourth-order valence-electron chi connectivity index (χ4n) is 11.1. The number of ketones is 2. The Balaban J connectivity index is 0.000000471. The second-order valence-corrected chi connectivity index (χ2v) is 29.0. The molecular weight excluding hydrogens is 1300 g/mol. The maximum atomic E-state index is 10.7. The zero-order valence-electron chi connectivity index (χ0n) is 63.2. The second kappa shape index (κ2) is 39.7. The Kier molecular flexibility index (Phi) is 35.3. The molecule has 8 aromatic rings. The zero-order valence-corrected chi connectivity index (χ0v) is 65.4. The Bertz CT molecular complexity index is 3180. The summed E-state index contributed by atoms with van der Waals surface area (Å²) < 4.78 is 13.6. The molecule has 0 aliphatic carbocycles. The summed E-state index contributed by atoms with van der Waals surface area (Å²) in [7, 11) is -2.92. The van der Waals surface area contributed by atoms with E-state index in [0.717, 1.165) is 34.2 Å². The van der Waals surface area contributed by atoms with E-state index in [1.165, 1.54) is 77.7 Å². The summed E-state index contributed by atoms with van der Waals surface area (Å²) in [4.78, 5) is 41.4. The molecule has 97 heavy (non-hydrogen) atoms. The van der Waals surface area contributed by atoms with Crippen molar-refractivity contribution in [3.8, 4) is 0 Å². The van der Waals surface area contributed by atoms with Crippen LogP contribution in [0.15, 0.2) is 97.1 Å². The monoisotopic (exact) mass is 1410 g/mol. The Morgan fingerprint density at radius 2 is 0.474 bits per heavy atom. The summed E-state index contributed by atoms with van der Waals surface area (Å²) in [6.07, 6.45) is 4.08. The van der Waals surface area contributed by atoms with Crippen molar-refractivity contribution in [3.63, 3.8) is 0 Å². The number of rotatable bonds is 24. The minimum atomic E-state index is -1.67. The van der Waals surface area contributed by atoms with Gasteiger partial charge in [0, 0.05) is 45.3 Å². The van der Waals surface area contributed by atoms with E-state index in [1.54, 1.807) is 36.4 Å². The molecule has 0 spiro atoms. The number of carbonyl (C=O) groups is 4. The van der Waals surface area contributed by atoms with E-state index in [0.29, 0.717) is 71.0 Å². The molecule has 22 heteroatoms. The number of hydrogen-bond donors (Lipinski definition) is 0. The minimum absolute atomic E-state index is 0. The molecule has 0 bridgehead atoms. The largest absolute Gasteiger partial charge is 2.00 e. The topological polar surface area (TPSA) is 221 Å². The molecule has 0 atom stereocenters. The van der Waals surface area contributed by atoms with Crippen LogP contribution >= 0.6 is 0 Å². The normalized spacial score (nSPS) is 11.5. The molecule has 0 aliphatic rings. The number of Topliss-reactive ketones (excluding diaryl/α,β-unsaturated/α-hetero) is 2. The van der Waals surface area contributed by atoms with E-state index < -0.39 is 37.7 Å². The Morgan fingerprint density at radius 3 is 0.588 bits per heavy atom. The average Bonchev–Trinajstić information content (AvgIpc) is 1.62. The molecule has 2 aromatic carbocycles. The van der Waals surface area contributed by atoms with Crippen LogP contribution in [0.3, 0.4) is 0 Å². The standard InChI is InChI=1S/2C27H46BN6.2C8H6O3.C5H12.2Fe/c2*1-16(2)22-13-25(19(7)8)32(29-22)28(33-26(20(9)10)14-23(30-33)17(3)4)34-27(21(11)12)15-24(31-34)18(5)6;2*9-7(8(10)11)6-4-2-1-3-5-6;1-3-5-4-2;;/h2*13-21,28H,1-12H3;2*1-5H,(H,10,11);3-5H2,1-2H3;;/q2*-1;;;;2*+2/p-2. The third kappa shape index (κ3) is 23.1. The Labute approximate surface area is 602 Å². The number of aliphatic carboxylic acids is 2. The summed E-state index contributed by atoms with van der Waals surface area (Å²) in [5.74, 6) is -1.05. The van der Waals surface area contributed by atoms with Gasteiger partial charge in [-0.2, -0.15) is 0 Å². The Hall–Kier alpha value is -6.85. The van der Waals surface area contributed by atoms with E-state index in [9.17, 15) is 29.4 Å². The third-order valence-electron chi connectivity index (χ3n) is 16.8. The quantitative estimate of drug-likeness (QED) is 0.0313. The fourth-order valence-corrected chi connectivity index (χ4v) is 11.1. The van der Waals surface area contributed by atoms with Gasteiger partial charge in [0.25, 0.3) is 0 Å². The smallest absolute Gasteiger partial charge is 0.541 e. The number of hydrogen-bond acceptors (Lipinski definition) is 12. The number of carboxylic acid groups (broad SMARTS) is 2. The van der Waals surface area contributed by atoms with Crippen LogP contribution in [0.1, 0.15) is 359 Å². The van der Waals surface area contributed by atoms with Crippen molar-refractivity contribution in [3.05, 3.63) is 177 Å². The first-order valence-corrected chi connectivity index (χ1v) is 35.0. The van der Waals surface area contributed by atoms with Crippen molar-refractivity contribution < 1.29 is 63.5 Å². The van der Waals surface area contributed by atoms with Gasteiger partial charge in [0.15, 0.2) is 0 Å². The van der Waals surface area contributed by atoms with Crippen LogP contribution in [-0.2, 0) is 43.7 Å². The van der Waals surface area contributed by atoms with Crippen molar-refractivity contribution in [2.75, 3.05) is 0 Å². The first-order chi connectivity index (χ1) is 44.5. The van der Waals surface area contributed by atoms with Gasteiger partial charge in [-0.05, 0) is 107 Å². The van der Waals surface area contributed by atoms with E-state index in [1.807, 2.05) is 0 Å². The van der Waals surface area contributed by atoms with Crippen molar-refractivity contribution >= 4 is 37.7 Å². The molecule has 0 radical (unpaired) electrons. The minimum Gasteiger partial charge on any atom is -0.541 e. The van der Waals surface area contributed by atoms with Crippen LogP contribution in [0.25, 0.3) is 0 Å². The van der Waals surface area contributed by atoms with Crippen molar-refractivity contribution in [2.24, 2.45) is 0 Å². The van der Waals surface area contributed by atoms with Crippen LogP contribution in [0.5, 0.6) is 0 Å². The van der Waals surface area contributed by atoms with Crippen LogP contribution in [0.2, 0.25) is 0 Å². The summed E-state index contributed by atoms with van der Waals surface area (Å²) in [6.45, 7) is 58.1.